The Labute approximate surface area is 139 Å². The van der Waals surface area contributed by atoms with Crippen LogP contribution in [0.15, 0.2) is 42.5 Å². The molecule has 0 radical (unpaired) electrons. The third kappa shape index (κ3) is 3.76. The Kier molecular flexibility index (Phi) is 5.35. The van der Waals surface area contributed by atoms with Gasteiger partial charge in [0.25, 0.3) is 0 Å². The van der Waals surface area contributed by atoms with E-state index in [4.69, 9.17) is 4.74 Å². The molecule has 2 aromatic rings. The van der Waals surface area contributed by atoms with Crippen molar-refractivity contribution in [2.45, 2.75) is 45.4 Å². The number of hydrogen-bond donors (Lipinski definition) is 1. The van der Waals surface area contributed by atoms with E-state index in [1.54, 1.807) is 0 Å². The van der Waals surface area contributed by atoms with Gasteiger partial charge in [0.15, 0.2) is 0 Å². The summed E-state index contributed by atoms with van der Waals surface area (Å²) in [6.07, 6.45) is 4.51. The molecule has 1 saturated heterocycles. The van der Waals surface area contributed by atoms with Crippen LogP contribution in [-0.2, 0) is 12.8 Å². The molecule has 0 aromatic heterocycles. The summed E-state index contributed by atoms with van der Waals surface area (Å²) in [6.45, 7) is 6.62. The molecule has 1 aliphatic heterocycles. The quantitative estimate of drug-likeness (QED) is 0.832. The van der Waals surface area contributed by atoms with Crippen molar-refractivity contribution >= 4 is 0 Å². The summed E-state index contributed by atoms with van der Waals surface area (Å²) in [6, 6.07) is 15.1. The molecule has 0 saturated carbocycles. The second-order valence-electron chi connectivity index (χ2n) is 6.30. The highest BCUT2D eigenvalue weighted by atomic mass is 16.5. The SMILES string of the molecule is CCc1ccc(Oc2ccccc2C2CCNCC2)cc1CC. The Hall–Kier alpha value is -1.80. The van der Waals surface area contributed by atoms with Gasteiger partial charge in [-0.25, -0.2) is 0 Å². The van der Waals surface area contributed by atoms with Gasteiger partial charge in [-0.2, -0.15) is 0 Å². The Morgan fingerprint density at radius 2 is 1.70 bits per heavy atom. The monoisotopic (exact) mass is 309 g/mol. The number of hydrogen-bond acceptors (Lipinski definition) is 2. The Morgan fingerprint density at radius 1 is 0.957 bits per heavy atom. The first-order valence-corrected chi connectivity index (χ1v) is 8.91. The van der Waals surface area contributed by atoms with Crippen LogP contribution in [0.3, 0.4) is 0 Å². The van der Waals surface area contributed by atoms with Crippen LogP contribution in [0.4, 0.5) is 0 Å². The van der Waals surface area contributed by atoms with Gasteiger partial charge in [0.05, 0.1) is 0 Å². The highest BCUT2D eigenvalue weighted by Crippen LogP contribution is 2.35. The molecule has 1 heterocycles. The zero-order chi connectivity index (χ0) is 16.1. The second-order valence-corrected chi connectivity index (χ2v) is 6.30. The van der Waals surface area contributed by atoms with Gasteiger partial charge in [0, 0.05) is 0 Å². The molecule has 2 nitrogen and oxygen atoms in total. The molecule has 0 amide bonds. The molecule has 0 spiro atoms. The average molecular weight is 309 g/mol. The van der Waals surface area contributed by atoms with E-state index in [-0.39, 0.29) is 0 Å². The van der Waals surface area contributed by atoms with Crippen LogP contribution in [0.25, 0.3) is 0 Å². The molecule has 1 aliphatic rings. The minimum atomic E-state index is 0.605. The van der Waals surface area contributed by atoms with E-state index in [0.717, 1.165) is 37.4 Å². The van der Waals surface area contributed by atoms with Crippen LogP contribution in [-0.4, -0.2) is 13.1 Å². The molecule has 1 N–H and O–H groups in total. The van der Waals surface area contributed by atoms with Crippen molar-refractivity contribution in [2.75, 3.05) is 13.1 Å². The summed E-state index contributed by atoms with van der Waals surface area (Å²) in [5, 5.41) is 3.44. The van der Waals surface area contributed by atoms with E-state index in [1.165, 1.54) is 29.5 Å². The highest BCUT2D eigenvalue weighted by molar-refractivity contribution is 5.42. The van der Waals surface area contributed by atoms with Crippen molar-refractivity contribution in [1.29, 1.82) is 0 Å². The van der Waals surface area contributed by atoms with E-state index in [1.807, 2.05) is 0 Å². The number of ether oxygens (including phenoxy) is 1. The fourth-order valence-corrected chi connectivity index (χ4v) is 3.51. The first-order chi connectivity index (χ1) is 11.3. The summed E-state index contributed by atoms with van der Waals surface area (Å²) >= 11 is 0. The molecule has 2 heteroatoms. The van der Waals surface area contributed by atoms with Crippen molar-refractivity contribution in [3.63, 3.8) is 0 Å². The van der Waals surface area contributed by atoms with E-state index in [9.17, 15) is 0 Å². The van der Waals surface area contributed by atoms with Crippen LogP contribution in [0.5, 0.6) is 11.5 Å². The first kappa shape index (κ1) is 16.1. The predicted molar refractivity (Wildman–Crippen MR) is 96.6 cm³/mol. The van der Waals surface area contributed by atoms with Crippen LogP contribution in [0.1, 0.15) is 49.3 Å². The molecule has 0 bridgehead atoms. The van der Waals surface area contributed by atoms with Crippen molar-refractivity contribution in [3.05, 3.63) is 59.2 Å². The van der Waals surface area contributed by atoms with E-state index in [2.05, 4.69) is 61.6 Å². The Bertz CT molecular complexity index is 644. The van der Waals surface area contributed by atoms with Crippen molar-refractivity contribution in [1.82, 2.24) is 5.32 Å². The molecule has 0 aliphatic carbocycles. The van der Waals surface area contributed by atoms with Gasteiger partial charge in [-0.05, 0) is 79.6 Å². The molecule has 3 rings (SSSR count). The number of benzene rings is 2. The maximum absolute atomic E-state index is 6.28. The number of para-hydroxylation sites is 1. The zero-order valence-electron chi connectivity index (χ0n) is 14.3. The topological polar surface area (TPSA) is 21.3 Å². The average Bonchev–Trinajstić information content (AvgIpc) is 2.63. The Balaban J connectivity index is 1.85. The maximum Gasteiger partial charge on any atom is 0.130 e. The van der Waals surface area contributed by atoms with Crippen LogP contribution in [0.2, 0.25) is 0 Å². The van der Waals surface area contributed by atoms with E-state index in [0.29, 0.717) is 5.92 Å². The summed E-state index contributed by atoms with van der Waals surface area (Å²) in [5.74, 6) is 2.58. The number of piperidine rings is 1. The minimum absolute atomic E-state index is 0.605. The van der Waals surface area contributed by atoms with Gasteiger partial charge < -0.3 is 10.1 Å². The fraction of sp³-hybridized carbons (Fsp3) is 0.429. The third-order valence-electron chi connectivity index (χ3n) is 4.87. The molecule has 0 unspecified atom stereocenters. The summed E-state index contributed by atoms with van der Waals surface area (Å²) in [7, 11) is 0. The van der Waals surface area contributed by atoms with Gasteiger partial charge in [0.1, 0.15) is 11.5 Å². The molecule has 0 atom stereocenters. The zero-order valence-corrected chi connectivity index (χ0v) is 14.3. The molecular weight excluding hydrogens is 282 g/mol. The molecule has 122 valence electrons. The number of rotatable bonds is 5. The molecule has 1 fully saturated rings. The molecular formula is C21H27NO. The van der Waals surface area contributed by atoms with Crippen LogP contribution < -0.4 is 10.1 Å². The Morgan fingerprint density at radius 3 is 2.43 bits per heavy atom. The smallest absolute Gasteiger partial charge is 0.130 e. The normalized spacial score (nSPS) is 15.6. The lowest BCUT2D eigenvalue weighted by atomic mass is 9.89. The third-order valence-corrected chi connectivity index (χ3v) is 4.87. The minimum Gasteiger partial charge on any atom is -0.457 e. The van der Waals surface area contributed by atoms with Gasteiger partial charge in [-0.1, -0.05) is 38.1 Å². The maximum atomic E-state index is 6.28. The summed E-state index contributed by atoms with van der Waals surface area (Å²) < 4.78 is 6.28. The standard InChI is InChI=1S/C21H27NO/c1-3-16-9-10-19(15-17(16)4-2)23-21-8-6-5-7-20(21)18-11-13-22-14-12-18/h5-10,15,18,22H,3-4,11-14H2,1-2H3. The lowest BCUT2D eigenvalue weighted by molar-refractivity contribution is 0.429. The highest BCUT2D eigenvalue weighted by Gasteiger charge is 2.19. The molecule has 2 aromatic carbocycles. The van der Waals surface area contributed by atoms with Gasteiger partial charge >= 0.3 is 0 Å². The van der Waals surface area contributed by atoms with Gasteiger partial charge in [-0.15, -0.1) is 0 Å². The molecule has 23 heavy (non-hydrogen) atoms. The summed E-state index contributed by atoms with van der Waals surface area (Å²) in [4.78, 5) is 0. The fourth-order valence-electron chi connectivity index (χ4n) is 3.51. The summed E-state index contributed by atoms with van der Waals surface area (Å²) in [5.41, 5.74) is 4.17. The van der Waals surface area contributed by atoms with Crippen molar-refractivity contribution < 1.29 is 4.74 Å². The largest absolute Gasteiger partial charge is 0.457 e. The lowest BCUT2D eigenvalue weighted by Gasteiger charge is -2.25. The predicted octanol–water partition coefficient (Wildman–Crippen LogP) is 5.07. The van der Waals surface area contributed by atoms with Gasteiger partial charge in [0.2, 0.25) is 0 Å². The van der Waals surface area contributed by atoms with Crippen molar-refractivity contribution in [2.24, 2.45) is 0 Å². The number of nitrogens with one attached hydrogen (secondary N) is 1. The van der Waals surface area contributed by atoms with E-state index < -0.39 is 0 Å². The number of aryl methyl sites for hydroxylation is 2. The van der Waals surface area contributed by atoms with E-state index >= 15 is 0 Å². The first-order valence-electron chi connectivity index (χ1n) is 8.91. The van der Waals surface area contributed by atoms with Gasteiger partial charge in [-0.3, -0.25) is 0 Å². The van der Waals surface area contributed by atoms with Crippen molar-refractivity contribution in [3.8, 4) is 11.5 Å². The van der Waals surface area contributed by atoms with Crippen LogP contribution in [0, 0.1) is 0 Å². The second kappa shape index (κ2) is 7.65. The van der Waals surface area contributed by atoms with Crippen LogP contribution >= 0.6 is 0 Å². The lowest BCUT2D eigenvalue weighted by Crippen LogP contribution is -2.26.